The lowest BCUT2D eigenvalue weighted by Crippen LogP contribution is -1.95. The van der Waals surface area contributed by atoms with Gasteiger partial charge in [0.05, 0.1) is 12.7 Å². The van der Waals surface area contributed by atoms with Gasteiger partial charge in [-0.05, 0) is 34.5 Å². The maximum Gasteiger partial charge on any atom is 0.256 e. The fourth-order valence-electron chi connectivity index (χ4n) is 1.54. The van der Waals surface area contributed by atoms with E-state index in [1.807, 2.05) is 30.3 Å². The van der Waals surface area contributed by atoms with Crippen LogP contribution < -0.4 is 4.74 Å². The Hall–Kier alpha value is -1.54. The second-order valence-electron chi connectivity index (χ2n) is 3.17. The molecule has 2 nitrogen and oxygen atoms in total. The average molecular weight is 221 g/mol. The molecule has 0 heterocycles. The zero-order valence-corrected chi connectivity index (χ0v) is 8.91. The number of carbonyl (C=O) groups is 1. The Kier molecular flexibility index (Phi) is 2.60. The van der Waals surface area contributed by atoms with E-state index in [0.29, 0.717) is 11.3 Å². The number of benzene rings is 2. The quantitative estimate of drug-likeness (QED) is 0.727. The van der Waals surface area contributed by atoms with Crippen LogP contribution >= 0.6 is 11.6 Å². The summed E-state index contributed by atoms with van der Waals surface area (Å²) in [5, 5.41) is 1.50. The number of ether oxygens (including phenoxy) is 1. The van der Waals surface area contributed by atoms with Crippen LogP contribution in [0.2, 0.25) is 0 Å². The summed E-state index contributed by atoms with van der Waals surface area (Å²) < 4.78 is 5.11. The zero-order chi connectivity index (χ0) is 10.8. The number of rotatable bonds is 2. The monoisotopic (exact) mass is 220 g/mol. The van der Waals surface area contributed by atoms with E-state index >= 15 is 0 Å². The molecule has 0 amide bonds. The van der Waals surface area contributed by atoms with Crippen LogP contribution in [0.5, 0.6) is 5.75 Å². The third-order valence-corrected chi connectivity index (χ3v) is 2.48. The fraction of sp³-hybridized carbons (Fsp3) is 0.0833. The predicted molar refractivity (Wildman–Crippen MR) is 60.7 cm³/mol. The van der Waals surface area contributed by atoms with E-state index in [1.165, 1.54) is 7.11 Å². The first kappa shape index (κ1) is 9.99. The molecule has 0 aliphatic heterocycles. The largest absolute Gasteiger partial charge is 0.496 e. The van der Waals surface area contributed by atoms with Gasteiger partial charge in [0.25, 0.3) is 5.24 Å². The standard InChI is InChI=1S/C12H9ClO2/c1-15-11-7-9-5-3-2-4-8(9)6-10(11)12(13)14/h2-7H,1H3. The Balaban J connectivity index is 2.74. The highest BCUT2D eigenvalue weighted by Gasteiger charge is 2.10. The molecule has 0 saturated carbocycles. The molecule has 0 fully saturated rings. The van der Waals surface area contributed by atoms with Crippen molar-refractivity contribution in [1.82, 2.24) is 0 Å². The third kappa shape index (κ3) is 1.81. The molecule has 0 bridgehead atoms. The molecular formula is C12H9ClO2. The Bertz CT molecular complexity index is 520. The number of hydrogen-bond donors (Lipinski definition) is 0. The summed E-state index contributed by atoms with van der Waals surface area (Å²) in [6.07, 6.45) is 0. The first-order valence-corrected chi connectivity index (χ1v) is 4.87. The maximum absolute atomic E-state index is 11.2. The van der Waals surface area contributed by atoms with Crippen molar-refractivity contribution in [2.75, 3.05) is 7.11 Å². The Labute approximate surface area is 92.4 Å². The van der Waals surface area contributed by atoms with Gasteiger partial charge in [0.15, 0.2) is 0 Å². The van der Waals surface area contributed by atoms with E-state index in [4.69, 9.17) is 16.3 Å². The smallest absolute Gasteiger partial charge is 0.256 e. The van der Waals surface area contributed by atoms with Crippen LogP contribution in [-0.2, 0) is 0 Å². The third-order valence-electron chi connectivity index (χ3n) is 2.28. The molecule has 0 spiro atoms. The van der Waals surface area contributed by atoms with E-state index in [2.05, 4.69) is 0 Å². The number of halogens is 1. The molecule has 0 aliphatic rings. The molecule has 0 N–H and O–H groups in total. The first-order chi connectivity index (χ1) is 7.22. The van der Waals surface area contributed by atoms with E-state index in [-0.39, 0.29) is 0 Å². The van der Waals surface area contributed by atoms with Crippen LogP contribution in [-0.4, -0.2) is 12.4 Å². The van der Waals surface area contributed by atoms with Crippen LogP contribution in [0.25, 0.3) is 10.8 Å². The van der Waals surface area contributed by atoms with Crippen LogP contribution in [0.3, 0.4) is 0 Å². The van der Waals surface area contributed by atoms with Gasteiger partial charge in [-0.25, -0.2) is 0 Å². The van der Waals surface area contributed by atoms with Gasteiger partial charge in [0.1, 0.15) is 5.75 Å². The molecule has 0 saturated heterocycles. The van der Waals surface area contributed by atoms with Gasteiger partial charge in [-0.3, -0.25) is 4.79 Å². The van der Waals surface area contributed by atoms with Gasteiger partial charge < -0.3 is 4.74 Å². The van der Waals surface area contributed by atoms with Crippen LogP contribution in [0.15, 0.2) is 36.4 Å². The number of hydrogen-bond acceptors (Lipinski definition) is 2. The van der Waals surface area contributed by atoms with Crippen LogP contribution in [0.1, 0.15) is 10.4 Å². The minimum absolute atomic E-state index is 0.401. The van der Waals surface area contributed by atoms with Crippen molar-refractivity contribution in [3.63, 3.8) is 0 Å². The summed E-state index contributed by atoms with van der Waals surface area (Å²) in [5.41, 5.74) is 0.401. The molecular weight excluding hydrogens is 212 g/mol. The van der Waals surface area contributed by atoms with Gasteiger partial charge in [-0.2, -0.15) is 0 Å². The van der Waals surface area contributed by atoms with Gasteiger partial charge >= 0.3 is 0 Å². The first-order valence-electron chi connectivity index (χ1n) is 4.49. The maximum atomic E-state index is 11.2. The number of carbonyl (C=O) groups excluding carboxylic acids is 1. The molecule has 15 heavy (non-hydrogen) atoms. The number of methoxy groups -OCH3 is 1. The number of fused-ring (bicyclic) bond motifs is 1. The highest BCUT2D eigenvalue weighted by atomic mass is 35.5. The average Bonchev–Trinajstić information content (AvgIpc) is 2.27. The van der Waals surface area contributed by atoms with Gasteiger partial charge in [0.2, 0.25) is 0 Å². The summed E-state index contributed by atoms with van der Waals surface area (Å²) in [7, 11) is 1.52. The zero-order valence-electron chi connectivity index (χ0n) is 8.16. The molecule has 0 aliphatic carbocycles. The van der Waals surface area contributed by atoms with Crippen molar-refractivity contribution in [1.29, 1.82) is 0 Å². The molecule has 0 unspecified atom stereocenters. The molecule has 2 rings (SSSR count). The van der Waals surface area contributed by atoms with E-state index in [9.17, 15) is 4.79 Å². The Morgan fingerprint density at radius 1 is 1.20 bits per heavy atom. The molecule has 2 aromatic carbocycles. The summed E-state index contributed by atoms with van der Waals surface area (Å²) in [6, 6.07) is 11.3. The van der Waals surface area contributed by atoms with Gasteiger partial charge in [-0.1, -0.05) is 24.3 Å². The van der Waals surface area contributed by atoms with Crippen molar-refractivity contribution in [2.24, 2.45) is 0 Å². The van der Waals surface area contributed by atoms with Crippen molar-refractivity contribution in [3.05, 3.63) is 42.0 Å². The van der Waals surface area contributed by atoms with Gasteiger partial charge in [0, 0.05) is 0 Å². The second-order valence-corrected chi connectivity index (χ2v) is 3.52. The fourth-order valence-corrected chi connectivity index (χ4v) is 1.69. The summed E-state index contributed by atoms with van der Waals surface area (Å²) in [4.78, 5) is 11.2. The normalized spacial score (nSPS) is 10.3. The predicted octanol–water partition coefficient (Wildman–Crippen LogP) is 3.23. The van der Waals surface area contributed by atoms with Crippen molar-refractivity contribution >= 4 is 27.6 Å². The molecule has 3 heteroatoms. The lowest BCUT2D eigenvalue weighted by atomic mass is 10.1. The van der Waals surface area contributed by atoms with E-state index < -0.39 is 5.24 Å². The molecule has 0 radical (unpaired) electrons. The highest BCUT2D eigenvalue weighted by Crippen LogP contribution is 2.26. The Morgan fingerprint density at radius 3 is 2.33 bits per heavy atom. The van der Waals surface area contributed by atoms with Crippen molar-refractivity contribution < 1.29 is 9.53 Å². The highest BCUT2D eigenvalue weighted by molar-refractivity contribution is 6.68. The summed E-state index contributed by atoms with van der Waals surface area (Å²) in [6.45, 7) is 0. The van der Waals surface area contributed by atoms with Crippen LogP contribution in [0, 0.1) is 0 Å². The van der Waals surface area contributed by atoms with E-state index in [0.717, 1.165) is 10.8 Å². The second kappa shape index (κ2) is 3.91. The SMILES string of the molecule is COc1cc2ccccc2cc1C(=O)Cl. The minimum atomic E-state index is -0.502. The lowest BCUT2D eigenvalue weighted by Gasteiger charge is -2.06. The lowest BCUT2D eigenvalue weighted by molar-refractivity contribution is 0.107. The minimum Gasteiger partial charge on any atom is -0.496 e. The van der Waals surface area contributed by atoms with Crippen LogP contribution in [0.4, 0.5) is 0 Å². The topological polar surface area (TPSA) is 26.3 Å². The molecule has 76 valence electrons. The Morgan fingerprint density at radius 2 is 1.80 bits per heavy atom. The van der Waals surface area contributed by atoms with E-state index in [1.54, 1.807) is 6.07 Å². The molecule has 0 atom stereocenters. The van der Waals surface area contributed by atoms with Crippen molar-refractivity contribution in [2.45, 2.75) is 0 Å². The van der Waals surface area contributed by atoms with Gasteiger partial charge in [-0.15, -0.1) is 0 Å². The van der Waals surface area contributed by atoms with Crippen molar-refractivity contribution in [3.8, 4) is 5.75 Å². The molecule has 2 aromatic rings. The summed E-state index contributed by atoms with van der Waals surface area (Å²) in [5.74, 6) is 0.508. The molecule has 0 aromatic heterocycles. The summed E-state index contributed by atoms with van der Waals surface area (Å²) >= 11 is 5.47.